The Labute approximate surface area is 486 Å². The molecule has 0 aromatic heterocycles. The molecule has 2 saturated heterocycles. The zero-order chi connectivity index (χ0) is 62.9. The summed E-state index contributed by atoms with van der Waals surface area (Å²) in [7, 11) is 0. The number of anilines is 4. The lowest BCUT2D eigenvalue weighted by Crippen LogP contribution is -2.59. The third-order valence-electron chi connectivity index (χ3n) is 15.3. The van der Waals surface area contributed by atoms with Gasteiger partial charge in [0.2, 0.25) is 11.8 Å². The molecule has 0 radical (unpaired) electrons. The van der Waals surface area contributed by atoms with Gasteiger partial charge in [-0.25, -0.2) is 0 Å². The topological polar surface area (TPSA) is 187 Å². The maximum atomic E-state index is 13.3. The molecule has 0 unspecified atom stereocenters. The molecule has 4 aromatic rings. The number of ether oxygens (including phenoxy) is 1. The Morgan fingerprint density at radius 3 is 1.25 bits per heavy atom. The van der Waals surface area contributed by atoms with Gasteiger partial charge in [0.05, 0.1) is 33.2 Å². The van der Waals surface area contributed by atoms with Crippen LogP contribution in [0.25, 0.3) is 0 Å². The summed E-state index contributed by atoms with van der Waals surface area (Å²) < 4.78 is 161. The Morgan fingerprint density at radius 1 is 0.541 bits per heavy atom. The van der Waals surface area contributed by atoms with Crippen molar-refractivity contribution in [2.75, 3.05) is 59.1 Å². The van der Waals surface area contributed by atoms with Crippen molar-refractivity contribution in [3.05, 3.63) is 127 Å². The number of nitrogens with zero attached hydrogens (tertiary/aromatic N) is 6. The number of amides is 2. The highest BCUT2D eigenvalue weighted by atomic mass is 35.5. The number of carbonyl (C=O) groups is 2. The third kappa shape index (κ3) is 18.4. The van der Waals surface area contributed by atoms with Crippen LogP contribution in [0.1, 0.15) is 101 Å². The van der Waals surface area contributed by atoms with Gasteiger partial charge in [0.25, 0.3) is 11.4 Å². The lowest BCUT2D eigenvalue weighted by molar-refractivity contribution is -0.388. The predicted molar refractivity (Wildman–Crippen MR) is 293 cm³/mol. The Hall–Kier alpha value is -6.81. The molecule has 4 aromatic carbocycles. The van der Waals surface area contributed by atoms with E-state index in [4.69, 9.17) is 16.3 Å². The van der Waals surface area contributed by atoms with Crippen molar-refractivity contribution < 1.29 is 82.0 Å². The number of halogens is 13. The van der Waals surface area contributed by atoms with Crippen molar-refractivity contribution in [3.63, 3.8) is 0 Å². The number of nitrogens with one attached hydrogen (secondary N) is 2. The first kappa shape index (κ1) is 67.3. The van der Waals surface area contributed by atoms with Crippen LogP contribution in [0.15, 0.2) is 84.9 Å². The van der Waals surface area contributed by atoms with Crippen LogP contribution in [0, 0.1) is 20.2 Å². The molecular weight excluding hydrogens is 1180 g/mol. The molecule has 2 saturated carbocycles. The highest BCUT2D eigenvalue weighted by Gasteiger charge is 2.41. The van der Waals surface area contributed by atoms with Crippen LogP contribution in [-0.4, -0.2) is 124 Å². The van der Waals surface area contributed by atoms with Crippen molar-refractivity contribution in [1.29, 1.82) is 0 Å². The van der Waals surface area contributed by atoms with Crippen LogP contribution in [0.4, 0.5) is 86.8 Å². The Balaban J connectivity index is 0.000000226. The van der Waals surface area contributed by atoms with Gasteiger partial charge in [0.1, 0.15) is 23.6 Å². The highest BCUT2D eigenvalue weighted by Crippen LogP contribution is 2.41. The van der Waals surface area contributed by atoms with Gasteiger partial charge in [-0.05, 0) is 152 Å². The number of rotatable bonds is 12. The zero-order valence-corrected chi connectivity index (χ0v) is 47.3. The standard InChI is InChI=1S/C28H32F6N4O4.C15H18ClF3N2O.C13H15F3N2O3/c1-17-15-37(18(2)14-36(17)22-8-3-19(4-9-22)27(29,30)31)26(39)16-42-23-10-5-20(6-11-23)35-21-7-12-25(38(40)41)24(13-21)28(32,33)34;1-10-9-21(14(22)7-16)11(2)8-20(10)13-5-3-12(4-6-13)15(17,18)19;14-13(15,16)11-7-9(3-6-12(11)18(20)21)17-8-1-4-10(19)5-2-8/h3-4,7-9,12-13,17-18,20,23,35H,5-6,10-11,14-16H2,1-2H3;3-6,10-11H,7-9H2,1-2H3;3,6-8,10,17,19H,1-2,4-5H2/t17-,18+,20?,23?;10-,11+;/m00./s1. The van der Waals surface area contributed by atoms with Crippen LogP contribution in [0.5, 0.6) is 0 Å². The van der Waals surface area contributed by atoms with Gasteiger partial charge < -0.3 is 40.1 Å². The molecule has 3 N–H and O–H groups in total. The quantitative estimate of drug-likeness (QED) is 0.0528. The first-order valence-electron chi connectivity index (χ1n) is 27.2. The number of alkyl halides is 13. The molecule has 0 spiro atoms. The van der Waals surface area contributed by atoms with Crippen molar-refractivity contribution in [2.24, 2.45) is 0 Å². The lowest BCUT2D eigenvalue weighted by Gasteiger charge is -2.45. The lowest BCUT2D eigenvalue weighted by atomic mass is 9.92. The second-order valence-corrected chi connectivity index (χ2v) is 21.8. The smallest absolute Gasteiger partial charge is 0.393 e. The second kappa shape index (κ2) is 28.1. The fourth-order valence-corrected chi connectivity index (χ4v) is 10.9. The van der Waals surface area contributed by atoms with E-state index in [1.807, 2.05) is 37.5 Å². The van der Waals surface area contributed by atoms with E-state index < -0.39 is 68.2 Å². The molecule has 8 rings (SSSR count). The molecule has 4 fully saturated rings. The van der Waals surface area contributed by atoms with Crippen LogP contribution in [-0.2, 0) is 39.0 Å². The minimum atomic E-state index is -4.86. The number of hydrogen-bond donors (Lipinski definition) is 3. The number of carbonyl (C=O) groups excluding carboxylic acids is 2. The first-order chi connectivity index (χ1) is 39.6. The molecule has 16 nitrogen and oxygen atoms in total. The fraction of sp³-hybridized carbons (Fsp3) is 0.536. The molecule has 29 heteroatoms. The average Bonchev–Trinajstić information content (AvgIpc) is 2.42. The van der Waals surface area contributed by atoms with E-state index in [0.717, 1.165) is 54.2 Å². The molecule has 85 heavy (non-hydrogen) atoms. The molecule has 2 amide bonds. The van der Waals surface area contributed by atoms with Gasteiger partial charge in [-0.3, -0.25) is 29.8 Å². The van der Waals surface area contributed by atoms with Gasteiger partial charge in [-0.2, -0.15) is 52.7 Å². The molecule has 468 valence electrons. The number of benzene rings is 4. The number of nitro groups is 2. The first-order valence-corrected chi connectivity index (χ1v) is 27.7. The summed E-state index contributed by atoms with van der Waals surface area (Å²) in [5, 5.41) is 37.0. The minimum absolute atomic E-state index is 0.0140. The number of piperazine rings is 2. The highest BCUT2D eigenvalue weighted by molar-refractivity contribution is 6.27. The zero-order valence-electron chi connectivity index (χ0n) is 46.5. The monoisotopic (exact) mass is 1240 g/mol. The van der Waals surface area contributed by atoms with Gasteiger partial charge >= 0.3 is 24.7 Å². The van der Waals surface area contributed by atoms with E-state index in [1.54, 1.807) is 9.80 Å². The maximum absolute atomic E-state index is 13.3. The molecule has 2 aliphatic heterocycles. The number of hydrogen-bond acceptors (Lipinski definition) is 12. The van der Waals surface area contributed by atoms with Gasteiger partial charge in [-0.15, -0.1) is 11.6 Å². The van der Waals surface area contributed by atoms with E-state index in [2.05, 4.69) is 10.6 Å². The Bertz CT molecular complexity index is 2900. The average molecular weight is 1240 g/mol. The Morgan fingerprint density at radius 2 is 0.906 bits per heavy atom. The van der Waals surface area contributed by atoms with Crippen LogP contribution < -0.4 is 20.4 Å². The van der Waals surface area contributed by atoms with Crippen molar-refractivity contribution in [1.82, 2.24) is 9.80 Å². The summed E-state index contributed by atoms with van der Waals surface area (Å²) in [4.78, 5) is 51.7. The molecule has 2 aliphatic carbocycles. The summed E-state index contributed by atoms with van der Waals surface area (Å²) >= 11 is 5.60. The number of aliphatic hydroxyl groups excluding tert-OH is 1. The van der Waals surface area contributed by atoms with Gasteiger partial charge in [0, 0.05) is 97.3 Å². The summed E-state index contributed by atoms with van der Waals surface area (Å²) in [6.07, 6.45) is -14.1. The van der Waals surface area contributed by atoms with E-state index in [-0.39, 0.29) is 84.1 Å². The number of aliphatic hydroxyl groups is 1. The van der Waals surface area contributed by atoms with Gasteiger partial charge in [0.15, 0.2) is 0 Å². The van der Waals surface area contributed by atoms with E-state index in [1.165, 1.54) is 36.4 Å². The third-order valence-corrected chi connectivity index (χ3v) is 15.6. The largest absolute Gasteiger partial charge is 0.423 e. The van der Waals surface area contributed by atoms with Gasteiger partial charge in [-0.1, -0.05) is 0 Å². The molecule has 4 atom stereocenters. The van der Waals surface area contributed by atoms with Crippen molar-refractivity contribution in [3.8, 4) is 0 Å². The summed E-state index contributed by atoms with van der Waals surface area (Å²) in [5.74, 6) is -0.363. The van der Waals surface area contributed by atoms with Crippen LogP contribution >= 0.6 is 11.6 Å². The SMILES string of the molecule is C[C@@H]1CN(c2ccc(C(F)(F)F)cc2)[C@@H](C)CN1C(=O)CCl.C[C@@H]1CN(c2ccc(C(F)(F)F)cc2)[C@@H](C)CN1C(=O)COC1CCC(Nc2ccc([N+](=O)[O-])c(C(F)(F)F)c2)CC1.O=[N+]([O-])c1ccc(NC2CCC(O)CC2)cc1C(F)(F)F. The second-order valence-electron chi connectivity index (χ2n) is 21.6. The molecular formula is C56H65ClF12N8O8. The van der Waals surface area contributed by atoms with E-state index >= 15 is 0 Å². The summed E-state index contributed by atoms with van der Waals surface area (Å²) in [5.41, 5.74) is -4.17. The Kier molecular flexibility index (Phi) is 22.3. The molecule has 4 aliphatic rings. The number of nitro benzene ring substituents is 2. The summed E-state index contributed by atoms with van der Waals surface area (Å²) in [6, 6.07) is 15.3. The fourth-order valence-electron chi connectivity index (χ4n) is 10.8. The predicted octanol–water partition coefficient (Wildman–Crippen LogP) is 13.2. The van der Waals surface area contributed by atoms with E-state index in [0.29, 0.717) is 83.2 Å². The van der Waals surface area contributed by atoms with Crippen LogP contribution in [0.2, 0.25) is 0 Å². The minimum Gasteiger partial charge on any atom is -0.393 e. The summed E-state index contributed by atoms with van der Waals surface area (Å²) in [6.45, 7) is 9.41. The normalized spacial score (nSPS) is 23.2. The molecule has 0 bridgehead atoms. The van der Waals surface area contributed by atoms with Crippen molar-refractivity contribution in [2.45, 2.75) is 152 Å². The van der Waals surface area contributed by atoms with Crippen molar-refractivity contribution >= 4 is 57.5 Å². The van der Waals surface area contributed by atoms with Crippen LogP contribution in [0.3, 0.4) is 0 Å². The van der Waals surface area contributed by atoms with E-state index in [9.17, 15) is 87.6 Å². The maximum Gasteiger partial charge on any atom is 0.423 e. The molecule has 2 heterocycles.